The first-order valence-corrected chi connectivity index (χ1v) is 16.9. The molecule has 2 N–H and O–H groups in total. The van der Waals surface area contributed by atoms with Crippen molar-refractivity contribution in [2.75, 3.05) is 44.9 Å². The Hall–Kier alpha value is -3.87. The Balaban J connectivity index is 1.24. The van der Waals surface area contributed by atoms with Crippen molar-refractivity contribution in [2.24, 2.45) is 0 Å². The molecule has 6 atom stereocenters. The molecule has 12 heteroatoms. The zero-order valence-electron chi connectivity index (χ0n) is 26.9. The first kappa shape index (κ1) is 30.2. The number of phenolic OH excluding ortho intramolecular Hbond substituents is 1. The van der Waals surface area contributed by atoms with Crippen LogP contribution in [0.4, 0.5) is 19.0 Å². The molecule has 4 fully saturated rings. The molecule has 5 aliphatic rings. The number of rotatable bonds is 6. The minimum atomic E-state index is -0.988. The second-order valence-corrected chi connectivity index (χ2v) is 14.1. The van der Waals surface area contributed by atoms with Gasteiger partial charge in [-0.05, 0) is 59.7 Å². The Morgan fingerprint density at radius 2 is 1.96 bits per heavy atom. The number of methoxy groups -OCH3 is 1. The maximum absolute atomic E-state index is 17.2. The van der Waals surface area contributed by atoms with Crippen molar-refractivity contribution in [2.45, 2.75) is 75.0 Å². The normalized spacial score (nSPS) is 29.3. The fraction of sp³-hybridized carbons (Fsp3) is 0.500. The predicted molar refractivity (Wildman–Crippen MR) is 175 cm³/mol. The third-order valence-corrected chi connectivity index (χ3v) is 11.4. The Bertz CT molecular complexity index is 1960. The molecule has 0 amide bonds. The molecule has 0 radical (unpaired) electrons. The third kappa shape index (κ3) is 4.48. The van der Waals surface area contributed by atoms with Crippen molar-refractivity contribution in [3.8, 4) is 28.6 Å². The molecule has 9 nitrogen and oxygen atoms in total. The summed E-state index contributed by atoms with van der Waals surface area (Å²) in [6.45, 7) is 3.74. The van der Waals surface area contributed by atoms with Gasteiger partial charge in [0, 0.05) is 45.2 Å². The maximum Gasteiger partial charge on any atom is 0.319 e. The molecule has 0 aliphatic carbocycles. The summed E-state index contributed by atoms with van der Waals surface area (Å²) < 4.78 is 67.2. The standard InChI is InChI=1S/C36H38F3N5O4/c1-3-18-5-4-6-19-9-22(45)10-24(27(18)19)28-30(38)32-29-33(31(28)39)47-16-26-25-8-7-21(40-25)14-44(26)34(29)42-35(41-32)48-17-36-11-20(37)13-43(36)15-23(12-36)46-2/h4-6,9-10,20-21,23,25-26,40,45H,3,7-8,11-17H2,1-2H3. The number of benzene rings is 3. The fourth-order valence-electron chi connectivity index (χ4n) is 9.19. The van der Waals surface area contributed by atoms with Crippen LogP contribution in [0.15, 0.2) is 30.3 Å². The van der Waals surface area contributed by atoms with Crippen molar-refractivity contribution in [1.29, 1.82) is 0 Å². The second-order valence-electron chi connectivity index (χ2n) is 14.1. The molecule has 0 spiro atoms. The van der Waals surface area contributed by atoms with E-state index < -0.39 is 23.3 Å². The molecule has 252 valence electrons. The van der Waals surface area contributed by atoms with Gasteiger partial charge in [0.15, 0.2) is 17.4 Å². The summed E-state index contributed by atoms with van der Waals surface area (Å²) in [4.78, 5) is 13.6. The van der Waals surface area contributed by atoms with Crippen molar-refractivity contribution in [3.05, 3.63) is 47.5 Å². The van der Waals surface area contributed by atoms with Crippen molar-refractivity contribution < 1.29 is 32.5 Å². The Labute approximate surface area is 276 Å². The van der Waals surface area contributed by atoms with Crippen molar-refractivity contribution in [3.63, 3.8) is 0 Å². The van der Waals surface area contributed by atoms with E-state index in [0.717, 1.165) is 18.4 Å². The van der Waals surface area contributed by atoms with Gasteiger partial charge >= 0.3 is 6.01 Å². The van der Waals surface area contributed by atoms with Crippen LogP contribution in [-0.2, 0) is 11.2 Å². The lowest BCUT2D eigenvalue weighted by Crippen LogP contribution is -2.60. The van der Waals surface area contributed by atoms with Gasteiger partial charge in [-0.2, -0.15) is 9.97 Å². The molecule has 5 aliphatic heterocycles. The van der Waals surface area contributed by atoms with Gasteiger partial charge in [-0.15, -0.1) is 0 Å². The lowest BCUT2D eigenvalue weighted by molar-refractivity contribution is 0.0969. The highest BCUT2D eigenvalue weighted by Gasteiger charge is 2.53. The van der Waals surface area contributed by atoms with Gasteiger partial charge < -0.3 is 29.5 Å². The van der Waals surface area contributed by atoms with Crippen LogP contribution in [0.2, 0.25) is 0 Å². The summed E-state index contributed by atoms with van der Waals surface area (Å²) in [5.74, 6) is -1.60. The number of nitrogens with one attached hydrogen (secondary N) is 1. The van der Waals surface area contributed by atoms with Gasteiger partial charge in [-0.25, -0.2) is 13.2 Å². The van der Waals surface area contributed by atoms with E-state index in [1.165, 1.54) is 6.07 Å². The second kappa shape index (κ2) is 11.1. The van der Waals surface area contributed by atoms with Crippen LogP contribution in [-0.4, -0.2) is 95.9 Å². The number of hydrogen-bond donors (Lipinski definition) is 2. The van der Waals surface area contributed by atoms with E-state index in [1.54, 1.807) is 13.2 Å². The monoisotopic (exact) mass is 661 g/mol. The van der Waals surface area contributed by atoms with Crippen LogP contribution in [0.5, 0.6) is 17.5 Å². The van der Waals surface area contributed by atoms with Crippen LogP contribution in [0.3, 0.4) is 0 Å². The number of aryl methyl sites for hydroxylation is 1. The van der Waals surface area contributed by atoms with E-state index >= 15 is 8.78 Å². The molecule has 0 saturated carbocycles. The minimum Gasteiger partial charge on any atom is -0.508 e. The summed E-state index contributed by atoms with van der Waals surface area (Å²) in [5.41, 5.74) is 0.0617. The number of phenols is 1. The minimum absolute atomic E-state index is 0.0480. The molecule has 1 aromatic heterocycles. The van der Waals surface area contributed by atoms with Gasteiger partial charge in [0.1, 0.15) is 36.5 Å². The first-order valence-electron chi connectivity index (χ1n) is 16.9. The zero-order chi connectivity index (χ0) is 32.9. The Kier molecular flexibility index (Phi) is 6.97. The summed E-state index contributed by atoms with van der Waals surface area (Å²) in [7, 11) is 1.66. The number of piperazine rings is 1. The largest absolute Gasteiger partial charge is 0.508 e. The third-order valence-electron chi connectivity index (χ3n) is 11.4. The van der Waals surface area contributed by atoms with Crippen LogP contribution in [0, 0.1) is 11.6 Å². The fourth-order valence-corrected chi connectivity index (χ4v) is 9.19. The number of halogens is 3. The smallest absolute Gasteiger partial charge is 0.319 e. The van der Waals surface area contributed by atoms with Crippen LogP contribution in [0.25, 0.3) is 32.8 Å². The van der Waals surface area contributed by atoms with E-state index in [0.29, 0.717) is 55.5 Å². The first-order chi connectivity index (χ1) is 23.3. The SMILES string of the molecule is CCc1cccc2cc(O)cc(-c3c(F)c4c5c(nc(OCC67CC(F)CN6CC(OC)C7)nc5c3F)N3CC5CCC(N5)C3CO4)c12. The highest BCUT2D eigenvalue weighted by Crippen LogP contribution is 2.49. The number of nitrogens with zero attached hydrogens (tertiary/aromatic N) is 4. The number of fused-ring (bicyclic) bond motifs is 7. The van der Waals surface area contributed by atoms with E-state index in [2.05, 4.69) is 20.1 Å². The Morgan fingerprint density at radius 1 is 1.08 bits per heavy atom. The maximum atomic E-state index is 17.2. The lowest BCUT2D eigenvalue weighted by atomic mass is 9.91. The Morgan fingerprint density at radius 3 is 2.79 bits per heavy atom. The van der Waals surface area contributed by atoms with Crippen molar-refractivity contribution >= 4 is 27.5 Å². The number of aromatic hydroxyl groups is 1. The van der Waals surface area contributed by atoms with E-state index in [4.69, 9.17) is 19.2 Å². The average Bonchev–Trinajstić information content (AvgIpc) is 3.68. The summed E-state index contributed by atoms with van der Waals surface area (Å²) >= 11 is 0. The molecule has 6 unspecified atom stereocenters. The van der Waals surface area contributed by atoms with Gasteiger partial charge in [-0.3, -0.25) is 4.90 Å². The number of alkyl halides is 1. The number of ether oxygens (including phenoxy) is 3. The predicted octanol–water partition coefficient (Wildman–Crippen LogP) is 5.28. The molecular weight excluding hydrogens is 623 g/mol. The molecule has 9 rings (SSSR count). The van der Waals surface area contributed by atoms with Gasteiger partial charge in [0.05, 0.1) is 28.6 Å². The van der Waals surface area contributed by atoms with Gasteiger partial charge in [0.2, 0.25) is 0 Å². The highest BCUT2D eigenvalue weighted by atomic mass is 19.1. The molecule has 6 heterocycles. The molecular formula is C36H38F3N5O4. The number of aromatic nitrogens is 2. The van der Waals surface area contributed by atoms with Crippen LogP contribution < -0.4 is 19.7 Å². The molecule has 48 heavy (non-hydrogen) atoms. The summed E-state index contributed by atoms with van der Waals surface area (Å²) in [6.07, 6.45) is 2.39. The highest BCUT2D eigenvalue weighted by molar-refractivity contribution is 6.05. The summed E-state index contributed by atoms with van der Waals surface area (Å²) in [6, 6.07) is 8.67. The van der Waals surface area contributed by atoms with Crippen molar-refractivity contribution in [1.82, 2.24) is 20.2 Å². The molecule has 2 bridgehead atoms. The average molecular weight is 662 g/mol. The molecule has 3 aromatic carbocycles. The zero-order valence-corrected chi connectivity index (χ0v) is 26.9. The topological polar surface area (TPSA) is 92.2 Å². The van der Waals surface area contributed by atoms with E-state index in [9.17, 15) is 9.50 Å². The number of hydrogen-bond acceptors (Lipinski definition) is 9. The number of anilines is 1. The summed E-state index contributed by atoms with van der Waals surface area (Å²) in [5, 5.41) is 15.9. The van der Waals surface area contributed by atoms with Gasteiger partial charge in [-0.1, -0.05) is 25.1 Å². The quantitative estimate of drug-likeness (QED) is 0.287. The van der Waals surface area contributed by atoms with Crippen LogP contribution >= 0.6 is 0 Å². The molecule has 4 aromatic rings. The van der Waals surface area contributed by atoms with E-state index in [-0.39, 0.29) is 77.0 Å². The molecule has 4 saturated heterocycles. The van der Waals surface area contributed by atoms with Gasteiger partial charge in [0.25, 0.3) is 0 Å². The van der Waals surface area contributed by atoms with E-state index in [1.807, 2.05) is 25.1 Å². The lowest BCUT2D eigenvalue weighted by Gasteiger charge is -2.40. The van der Waals surface area contributed by atoms with Crippen LogP contribution in [0.1, 0.15) is 38.2 Å².